The van der Waals surface area contributed by atoms with Gasteiger partial charge in [0.1, 0.15) is 0 Å². The number of nitrogens with one attached hydrogen (secondary N) is 2. The van der Waals surface area contributed by atoms with Gasteiger partial charge in [0.05, 0.1) is 24.5 Å². The first-order chi connectivity index (χ1) is 16.7. The van der Waals surface area contributed by atoms with E-state index in [2.05, 4.69) is 25.6 Å². The summed E-state index contributed by atoms with van der Waals surface area (Å²) in [6.07, 6.45) is 0. The van der Waals surface area contributed by atoms with Crippen molar-refractivity contribution in [3.63, 3.8) is 0 Å². The predicted octanol–water partition coefficient (Wildman–Crippen LogP) is 4.11. The van der Waals surface area contributed by atoms with Crippen LogP contribution in [0.3, 0.4) is 0 Å². The fraction of sp³-hybridized carbons (Fsp3) is 0.292. The van der Waals surface area contributed by atoms with E-state index in [1.54, 1.807) is 60.1 Å². The summed E-state index contributed by atoms with van der Waals surface area (Å²) in [6, 6.07) is 12.7. The van der Waals surface area contributed by atoms with Gasteiger partial charge in [-0.2, -0.15) is 0 Å². The van der Waals surface area contributed by atoms with E-state index in [0.717, 1.165) is 0 Å². The van der Waals surface area contributed by atoms with Gasteiger partial charge in [-0.15, -0.1) is 10.2 Å². The first kappa shape index (κ1) is 26.2. The number of halogens is 1. The van der Waals surface area contributed by atoms with E-state index >= 15 is 0 Å². The molecule has 11 heteroatoms. The molecule has 2 aromatic carbocycles. The third kappa shape index (κ3) is 6.83. The Morgan fingerprint density at radius 3 is 2.26 bits per heavy atom. The summed E-state index contributed by atoms with van der Waals surface area (Å²) in [5, 5.41) is 15.4. The summed E-state index contributed by atoms with van der Waals surface area (Å²) in [5.41, 5.74) is 1.45. The Morgan fingerprint density at radius 2 is 1.66 bits per heavy atom. The second-order valence-electron chi connectivity index (χ2n) is 8.01. The van der Waals surface area contributed by atoms with Crippen molar-refractivity contribution in [3.8, 4) is 0 Å². The highest BCUT2D eigenvalue weighted by Crippen LogP contribution is 2.25. The molecule has 0 radical (unpaired) electrons. The number of carbonyl (C=O) groups is 3. The Labute approximate surface area is 212 Å². The number of ether oxygens (including phenoxy) is 1. The number of nitrogens with zero attached hydrogens (tertiary/aromatic N) is 3. The molecule has 2 amide bonds. The van der Waals surface area contributed by atoms with E-state index in [1.165, 1.54) is 18.9 Å². The maximum atomic E-state index is 12.7. The summed E-state index contributed by atoms with van der Waals surface area (Å²) in [5.74, 6) is -0.182. The van der Waals surface area contributed by atoms with Crippen LogP contribution in [-0.4, -0.2) is 45.4 Å². The standard InChI is InChI=1S/C24H26ClN5O4S/c1-14(2)20(27-22(32)15-5-9-17(25)10-6-15)21-28-29-24(30(21)3)35-13-19(31)26-18-11-7-16(8-12-18)23(33)34-4/h5-12,14,20H,13H2,1-4H3,(H,26,31)(H,27,32)/t20-/m1/s1. The molecule has 0 saturated heterocycles. The minimum Gasteiger partial charge on any atom is -0.465 e. The Kier molecular flexibility index (Phi) is 8.89. The van der Waals surface area contributed by atoms with Gasteiger partial charge in [-0.05, 0) is 54.4 Å². The number of methoxy groups -OCH3 is 1. The predicted molar refractivity (Wildman–Crippen MR) is 135 cm³/mol. The molecule has 3 rings (SSSR count). The molecule has 3 aromatic rings. The van der Waals surface area contributed by atoms with Gasteiger partial charge in [0, 0.05) is 23.3 Å². The first-order valence-corrected chi connectivity index (χ1v) is 12.1. The third-order valence-corrected chi connectivity index (χ3v) is 6.40. The van der Waals surface area contributed by atoms with E-state index < -0.39 is 5.97 Å². The van der Waals surface area contributed by atoms with Crippen molar-refractivity contribution in [1.82, 2.24) is 20.1 Å². The van der Waals surface area contributed by atoms with Crippen molar-refractivity contribution in [2.24, 2.45) is 13.0 Å². The maximum absolute atomic E-state index is 12.7. The summed E-state index contributed by atoms with van der Waals surface area (Å²) >= 11 is 7.14. The van der Waals surface area contributed by atoms with E-state index in [-0.39, 0.29) is 29.5 Å². The smallest absolute Gasteiger partial charge is 0.337 e. The molecule has 1 aromatic heterocycles. The van der Waals surface area contributed by atoms with Crippen LogP contribution < -0.4 is 10.6 Å². The number of anilines is 1. The highest BCUT2D eigenvalue weighted by atomic mass is 35.5. The van der Waals surface area contributed by atoms with Gasteiger partial charge in [-0.25, -0.2) is 4.79 Å². The van der Waals surface area contributed by atoms with Gasteiger partial charge < -0.3 is 19.9 Å². The summed E-state index contributed by atoms with van der Waals surface area (Å²) in [6.45, 7) is 3.96. The zero-order valence-electron chi connectivity index (χ0n) is 19.7. The van der Waals surface area contributed by atoms with Gasteiger partial charge in [-0.3, -0.25) is 9.59 Å². The van der Waals surface area contributed by atoms with Crippen molar-refractivity contribution in [1.29, 1.82) is 0 Å². The number of rotatable bonds is 9. The SMILES string of the molecule is COC(=O)c1ccc(NC(=O)CSc2nnc([C@H](NC(=O)c3ccc(Cl)cc3)C(C)C)n2C)cc1. The summed E-state index contributed by atoms with van der Waals surface area (Å²) in [7, 11) is 3.11. The van der Waals surface area contributed by atoms with E-state index in [0.29, 0.717) is 32.8 Å². The molecule has 1 heterocycles. The number of amides is 2. The molecule has 0 unspecified atom stereocenters. The Hall–Kier alpha value is -3.37. The van der Waals surface area contributed by atoms with Gasteiger partial charge in [0.15, 0.2) is 11.0 Å². The quantitative estimate of drug-likeness (QED) is 0.325. The average molecular weight is 516 g/mol. The Morgan fingerprint density at radius 1 is 1.03 bits per heavy atom. The molecule has 0 spiro atoms. The van der Waals surface area contributed by atoms with Crippen LogP contribution in [-0.2, 0) is 16.6 Å². The number of hydrogen-bond donors (Lipinski definition) is 2. The van der Waals surface area contributed by atoms with E-state index in [4.69, 9.17) is 11.6 Å². The average Bonchev–Trinajstić information content (AvgIpc) is 3.21. The second kappa shape index (κ2) is 11.9. The molecular formula is C24H26ClN5O4S. The van der Waals surface area contributed by atoms with Gasteiger partial charge >= 0.3 is 5.97 Å². The number of benzene rings is 2. The topological polar surface area (TPSA) is 115 Å². The molecule has 0 fully saturated rings. The molecule has 0 bridgehead atoms. The van der Waals surface area contributed by atoms with Crippen LogP contribution in [0.1, 0.15) is 46.4 Å². The number of esters is 1. The van der Waals surface area contributed by atoms with Crippen molar-refractivity contribution < 1.29 is 19.1 Å². The molecule has 0 aliphatic carbocycles. The van der Waals surface area contributed by atoms with Crippen LogP contribution in [0.25, 0.3) is 0 Å². The fourth-order valence-electron chi connectivity index (χ4n) is 3.21. The minimum absolute atomic E-state index is 0.0447. The highest BCUT2D eigenvalue weighted by molar-refractivity contribution is 7.99. The minimum atomic E-state index is -0.444. The number of carbonyl (C=O) groups excluding carboxylic acids is 3. The number of thioether (sulfide) groups is 1. The molecule has 0 aliphatic rings. The normalized spacial score (nSPS) is 11.7. The van der Waals surface area contributed by atoms with E-state index in [9.17, 15) is 14.4 Å². The van der Waals surface area contributed by atoms with Crippen LogP contribution in [0.4, 0.5) is 5.69 Å². The third-order valence-electron chi connectivity index (χ3n) is 5.13. The molecular weight excluding hydrogens is 490 g/mol. The van der Waals surface area contributed by atoms with Crippen LogP contribution in [0.5, 0.6) is 0 Å². The lowest BCUT2D eigenvalue weighted by Crippen LogP contribution is -2.33. The van der Waals surface area contributed by atoms with Crippen molar-refractivity contribution in [3.05, 3.63) is 70.5 Å². The lowest BCUT2D eigenvalue weighted by atomic mass is 10.0. The van der Waals surface area contributed by atoms with Crippen molar-refractivity contribution in [2.45, 2.75) is 25.0 Å². The molecule has 0 aliphatic heterocycles. The summed E-state index contributed by atoms with van der Waals surface area (Å²) in [4.78, 5) is 36.6. The molecule has 35 heavy (non-hydrogen) atoms. The largest absolute Gasteiger partial charge is 0.465 e. The van der Waals surface area contributed by atoms with Gasteiger partial charge in [0.25, 0.3) is 5.91 Å². The first-order valence-electron chi connectivity index (χ1n) is 10.8. The number of hydrogen-bond acceptors (Lipinski definition) is 7. The fourth-order valence-corrected chi connectivity index (χ4v) is 4.06. The molecule has 0 saturated carbocycles. The van der Waals surface area contributed by atoms with Gasteiger partial charge in [-0.1, -0.05) is 37.2 Å². The lowest BCUT2D eigenvalue weighted by molar-refractivity contribution is -0.113. The molecule has 9 nitrogen and oxygen atoms in total. The zero-order valence-corrected chi connectivity index (χ0v) is 21.3. The second-order valence-corrected chi connectivity index (χ2v) is 9.39. The van der Waals surface area contributed by atoms with Crippen LogP contribution >= 0.6 is 23.4 Å². The zero-order chi connectivity index (χ0) is 25.5. The molecule has 2 N–H and O–H groups in total. The van der Waals surface area contributed by atoms with Crippen LogP contribution in [0.2, 0.25) is 5.02 Å². The Balaban J connectivity index is 1.62. The van der Waals surface area contributed by atoms with Crippen LogP contribution in [0, 0.1) is 5.92 Å². The Bertz CT molecular complexity index is 1200. The summed E-state index contributed by atoms with van der Waals surface area (Å²) < 4.78 is 6.44. The van der Waals surface area contributed by atoms with Crippen molar-refractivity contribution in [2.75, 3.05) is 18.2 Å². The van der Waals surface area contributed by atoms with Gasteiger partial charge in [0.2, 0.25) is 5.91 Å². The van der Waals surface area contributed by atoms with E-state index in [1.807, 2.05) is 13.8 Å². The highest BCUT2D eigenvalue weighted by Gasteiger charge is 2.25. The van der Waals surface area contributed by atoms with Crippen LogP contribution in [0.15, 0.2) is 53.7 Å². The monoisotopic (exact) mass is 515 g/mol. The number of aromatic nitrogens is 3. The molecule has 184 valence electrons. The maximum Gasteiger partial charge on any atom is 0.337 e. The molecule has 1 atom stereocenters. The van der Waals surface area contributed by atoms with Crippen molar-refractivity contribution >= 4 is 46.8 Å². The lowest BCUT2D eigenvalue weighted by Gasteiger charge is -2.21.